The quantitative estimate of drug-likeness (QED) is 0.666. The maximum atomic E-state index is 4.68. The summed E-state index contributed by atoms with van der Waals surface area (Å²) in [5.41, 5.74) is 4.55. The minimum absolute atomic E-state index is 0.743. The Morgan fingerprint density at radius 1 is 1.14 bits per heavy atom. The van der Waals surface area contributed by atoms with Crippen molar-refractivity contribution in [1.29, 1.82) is 0 Å². The average molecular weight is 359 g/mol. The predicted octanol–water partition coefficient (Wildman–Crippen LogP) is 5.49. The molecule has 0 aliphatic carbocycles. The number of hydrogen-bond donors (Lipinski definition) is 1. The fourth-order valence-corrected chi connectivity index (χ4v) is 3.14. The molecule has 1 N–H and O–H groups in total. The van der Waals surface area contributed by atoms with E-state index in [1.165, 1.54) is 5.56 Å². The van der Waals surface area contributed by atoms with Gasteiger partial charge < -0.3 is 5.32 Å². The molecule has 0 radical (unpaired) electrons. The molecule has 0 saturated carbocycles. The van der Waals surface area contributed by atoms with Crippen LogP contribution in [0.4, 0.5) is 5.69 Å². The number of halogens is 1. The van der Waals surface area contributed by atoms with Crippen molar-refractivity contribution in [2.75, 3.05) is 5.32 Å². The second-order valence-electron chi connectivity index (χ2n) is 4.81. The van der Waals surface area contributed by atoms with Crippen molar-refractivity contribution in [1.82, 2.24) is 4.98 Å². The number of aryl methyl sites for hydroxylation is 1. The van der Waals surface area contributed by atoms with E-state index in [2.05, 4.69) is 68.9 Å². The molecule has 1 heterocycles. The minimum atomic E-state index is 0.743. The Hall–Kier alpha value is -1.65. The van der Waals surface area contributed by atoms with E-state index in [-0.39, 0.29) is 0 Å². The lowest BCUT2D eigenvalue weighted by atomic mass is 10.2. The molecule has 3 aromatic rings. The lowest BCUT2D eigenvalue weighted by Crippen LogP contribution is -1.99. The summed E-state index contributed by atoms with van der Waals surface area (Å²) in [7, 11) is 0. The van der Waals surface area contributed by atoms with E-state index in [1.54, 1.807) is 11.3 Å². The maximum absolute atomic E-state index is 4.68. The number of hydrogen-bond acceptors (Lipinski definition) is 3. The molecular formula is C17H15BrN2S. The van der Waals surface area contributed by atoms with E-state index in [4.69, 9.17) is 0 Å². The van der Waals surface area contributed by atoms with Crippen molar-refractivity contribution in [2.24, 2.45) is 0 Å². The third kappa shape index (κ3) is 3.52. The molecule has 3 rings (SSSR count). The van der Waals surface area contributed by atoms with Crippen LogP contribution >= 0.6 is 27.3 Å². The number of nitrogens with one attached hydrogen (secondary N) is 1. The van der Waals surface area contributed by atoms with Gasteiger partial charge in [0.2, 0.25) is 0 Å². The van der Waals surface area contributed by atoms with Crippen LogP contribution in [0.3, 0.4) is 0 Å². The molecule has 0 atom stereocenters. The Balaban J connectivity index is 1.69. The first-order chi connectivity index (χ1) is 10.2. The molecule has 2 aromatic carbocycles. The van der Waals surface area contributed by atoms with Crippen molar-refractivity contribution >= 4 is 33.0 Å². The largest absolute Gasteiger partial charge is 0.378 e. The number of benzene rings is 2. The highest BCUT2D eigenvalue weighted by molar-refractivity contribution is 9.10. The fourth-order valence-electron chi connectivity index (χ4n) is 2.01. The van der Waals surface area contributed by atoms with Crippen LogP contribution in [0, 0.1) is 6.92 Å². The summed E-state index contributed by atoms with van der Waals surface area (Å²) in [6.45, 7) is 2.83. The molecule has 0 aliphatic rings. The van der Waals surface area contributed by atoms with Crippen LogP contribution in [0.15, 0.2) is 58.4 Å². The van der Waals surface area contributed by atoms with E-state index >= 15 is 0 Å². The van der Waals surface area contributed by atoms with Gasteiger partial charge in [-0.2, -0.15) is 0 Å². The second-order valence-corrected chi connectivity index (χ2v) is 6.61. The molecule has 0 spiro atoms. The van der Waals surface area contributed by atoms with Crippen LogP contribution in [0.25, 0.3) is 11.3 Å². The number of thiazole rings is 1. The zero-order valence-corrected chi connectivity index (χ0v) is 14.0. The Bertz CT molecular complexity index is 738. The van der Waals surface area contributed by atoms with Gasteiger partial charge >= 0.3 is 0 Å². The summed E-state index contributed by atoms with van der Waals surface area (Å²) in [6.07, 6.45) is 0. The topological polar surface area (TPSA) is 24.9 Å². The first kappa shape index (κ1) is 14.3. The van der Waals surface area contributed by atoms with E-state index < -0.39 is 0 Å². The molecule has 2 nitrogen and oxygen atoms in total. The molecule has 0 aliphatic heterocycles. The van der Waals surface area contributed by atoms with E-state index in [0.29, 0.717) is 0 Å². The van der Waals surface area contributed by atoms with E-state index in [1.807, 2.05) is 18.2 Å². The van der Waals surface area contributed by atoms with Gasteiger partial charge in [-0.3, -0.25) is 0 Å². The molecule has 1 aromatic heterocycles. The smallest absolute Gasteiger partial charge is 0.112 e. The van der Waals surface area contributed by atoms with Crippen LogP contribution in [-0.2, 0) is 6.54 Å². The number of aromatic nitrogens is 1. The standard InChI is InChI=1S/C17H15BrN2S/c1-12-7-8-14(9-15(12)18)19-10-17-20-16(11-21-17)13-5-3-2-4-6-13/h2-9,11,19H,10H2,1H3. The molecule has 0 unspecified atom stereocenters. The monoisotopic (exact) mass is 358 g/mol. The van der Waals surface area contributed by atoms with Gasteiger partial charge in [0.25, 0.3) is 0 Å². The average Bonchev–Trinajstić information content (AvgIpc) is 2.98. The van der Waals surface area contributed by atoms with Gasteiger partial charge in [0.05, 0.1) is 12.2 Å². The van der Waals surface area contributed by atoms with Gasteiger partial charge in [-0.15, -0.1) is 11.3 Å². The van der Waals surface area contributed by atoms with Gasteiger partial charge in [0.15, 0.2) is 0 Å². The van der Waals surface area contributed by atoms with Crippen molar-refractivity contribution in [3.8, 4) is 11.3 Å². The Labute approximate surface area is 137 Å². The van der Waals surface area contributed by atoms with Gasteiger partial charge in [-0.1, -0.05) is 52.3 Å². The van der Waals surface area contributed by atoms with Gasteiger partial charge in [-0.05, 0) is 24.6 Å². The molecule has 4 heteroatoms. The van der Waals surface area contributed by atoms with Gasteiger partial charge in [0, 0.05) is 21.1 Å². The van der Waals surface area contributed by atoms with E-state index in [0.717, 1.165) is 33.0 Å². The number of nitrogens with zero attached hydrogens (tertiary/aromatic N) is 1. The van der Waals surface area contributed by atoms with Crippen molar-refractivity contribution in [2.45, 2.75) is 13.5 Å². The Kier molecular flexibility index (Phi) is 4.36. The minimum Gasteiger partial charge on any atom is -0.378 e. The van der Waals surface area contributed by atoms with Crippen LogP contribution < -0.4 is 5.32 Å². The Morgan fingerprint density at radius 3 is 2.71 bits per heavy atom. The fraction of sp³-hybridized carbons (Fsp3) is 0.118. The summed E-state index contributed by atoms with van der Waals surface area (Å²) < 4.78 is 1.12. The lowest BCUT2D eigenvalue weighted by Gasteiger charge is -2.06. The molecule has 106 valence electrons. The highest BCUT2D eigenvalue weighted by Crippen LogP contribution is 2.24. The predicted molar refractivity (Wildman–Crippen MR) is 93.8 cm³/mol. The second kappa shape index (κ2) is 6.41. The third-order valence-electron chi connectivity index (χ3n) is 3.24. The normalized spacial score (nSPS) is 10.6. The van der Waals surface area contributed by atoms with Crippen LogP contribution in [0.5, 0.6) is 0 Å². The van der Waals surface area contributed by atoms with Crippen molar-refractivity contribution in [3.63, 3.8) is 0 Å². The number of anilines is 1. The summed E-state index contributed by atoms with van der Waals surface area (Å²) in [6, 6.07) is 16.6. The van der Waals surface area contributed by atoms with Gasteiger partial charge in [-0.25, -0.2) is 4.98 Å². The summed E-state index contributed by atoms with van der Waals surface area (Å²) >= 11 is 5.24. The molecule has 0 amide bonds. The highest BCUT2D eigenvalue weighted by atomic mass is 79.9. The molecular weight excluding hydrogens is 344 g/mol. The summed E-state index contributed by atoms with van der Waals surface area (Å²) in [5.74, 6) is 0. The van der Waals surface area contributed by atoms with Crippen molar-refractivity contribution in [3.05, 3.63) is 69.0 Å². The number of rotatable bonds is 4. The zero-order valence-electron chi connectivity index (χ0n) is 11.6. The molecule has 0 saturated heterocycles. The van der Waals surface area contributed by atoms with E-state index in [9.17, 15) is 0 Å². The first-order valence-electron chi connectivity index (χ1n) is 6.72. The zero-order chi connectivity index (χ0) is 14.7. The first-order valence-corrected chi connectivity index (χ1v) is 8.39. The molecule has 0 fully saturated rings. The van der Waals surface area contributed by atoms with Crippen LogP contribution in [-0.4, -0.2) is 4.98 Å². The maximum Gasteiger partial charge on any atom is 0.112 e. The third-order valence-corrected chi connectivity index (χ3v) is 4.94. The Morgan fingerprint density at radius 2 is 1.95 bits per heavy atom. The lowest BCUT2D eigenvalue weighted by molar-refractivity contribution is 1.10. The van der Waals surface area contributed by atoms with Crippen molar-refractivity contribution < 1.29 is 0 Å². The van der Waals surface area contributed by atoms with Crippen LogP contribution in [0.1, 0.15) is 10.6 Å². The summed E-state index contributed by atoms with van der Waals surface area (Å²) in [5, 5.41) is 6.61. The SMILES string of the molecule is Cc1ccc(NCc2nc(-c3ccccc3)cs2)cc1Br. The van der Waals surface area contributed by atoms with Crippen LogP contribution in [0.2, 0.25) is 0 Å². The van der Waals surface area contributed by atoms with Gasteiger partial charge in [0.1, 0.15) is 5.01 Å². The highest BCUT2D eigenvalue weighted by Gasteiger charge is 2.04. The summed E-state index contributed by atoms with van der Waals surface area (Å²) in [4.78, 5) is 4.68. The molecule has 21 heavy (non-hydrogen) atoms. The molecule has 0 bridgehead atoms.